The van der Waals surface area contributed by atoms with E-state index < -0.39 is 10.8 Å². The molecule has 21 heavy (non-hydrogen) atoms. The van der Waals surface area contributed by atoms with Crippen LogP contribution in [-0.2, 0) is 16.6 Å². The average Bonchev–Trinajstić information content (AvgIpc) is 3.15. The molecule has 0 amide bonds. The fraction of sp³-hybridized carbons (Fsp3) is 0.333. The van der Waals surface area contributed by atoms with E-state index in [9.17, 15) is 9.00 Å². The van der Waals surface area contributed by atoms with Gasteiger partial charge >= 0.3 is 0 Å². The first-order valence-electron chi connectivity index (χ1n) is 6.64. The monoisotopic (exact) mass is 323 g/mol. The predicted molar refractivity (Wildman–Crippen MR) is 81.1 cm³/mol. The summed E-state index contributed by atoms with van der Waals surface area (Å²) in [7, 11) is -1.05. The lowest BCUT2D eigenvalue weighted by Crippen LogP contribution is -2.08. The van der Waals surface area contributed by atoms with E-state index in [1.165, 1.54) is 6.20 Å². The highest BCUT2D eigenvalue weighted by Crippen LogP contribution is 2.42. The Morgan fingerprint density at radius 3 is 2.86 bits per heavy atom. The highest BCUT2D eigenvalue weighted by Gasteiger charge is 2.33. The highest BCUT2D eigenvalue weighted by molar-refractivity contribution is 7.83. The molecule has 3 rings (SSSR count). The quantitative estimate of drug-likeness (QED) is 0.792. The zero-order valence-corrected chi connectivity index (χ0v) is 13.0. The maximum atomic E-state index is 12.7. The van der Waals surface area contributed by atoms with Crippen molar-refractivity contribution < 1.29 is 13.5 Å². The van der Waals surface area contributed by atoms with Crippen LogP contribution in [0.2, 0.25) is 5.02 Å². The van der Waals surface area contributed by atoms with Crippen molar-refractivity contribution in [1.29, 1.82) is 0 Å². The first-order chi connectivity index (χ1) is 10.1. The van der Waals surface area contributed by atoms with E-state index in [0.717, 1.165) is 12.8 Å². The van der Waals surface area contributed by atoms with Crippen molar-refractivity contribution >= 4 is 28.2 Å². The third-order valence-corrected chi connectivity index (χ3v) is 4.41. The number of benzene rings is 1. The molecule has 0 bridgehead atoms. The van der Waals surface area contributed by atoms with E-state index in [2.05, 4.69) is 5.16 Å². The molecule has 0 radical (unpaired) electrons. The lowest BCUT2D eigenvalue weighted by atomic mass is 9.98. The van der Waals surface area contributed by atoms with Crippen LogP contribution >= 0.6 is 11.6 Å². The number of halogens is 1. The van der Waals surface area contributed by atoms with Gasteiger partial charge in [0.15, 0.2) is 11.5 Å². The summed E-state index contributed by atoms with van der Waals surface area (Å²) in [6.07, 6.45) is 5.13. The molecule has 1 saturated carbocycles. The summed E-state index contributed by atoms with van der Waals surface area (Å²) >= 11 is 5.98. The molecule has 0 saturated heterocycles. The van der Waals surface area contributed by atoms with Crippen LogP contribution in [0.3, 0.4) is 0 Å². The van der Waals surface area contributed by atoms with Crippen molar-refractivity contribution in [3.8, 4) is 0 Å². The molecule has 6 heteroatoms. The number of rotatable bonds is 5. The van der Waals surface area contributed by atoms with E-state index in [1.54, 1.807) is 24.5 Å². The number of carbonyl (C=O) groups excluding carboxylic acids is 1. The van der Waals surface area contributed by atoms with Crippen LogP contribution in [0.5, 0.6) is 0 Å². The van der Waals surface area contributed by atoms with Gasteiger partial charge in [-0.1, -0.05) is 16.8 Å². The minimum Gasteiger partial charge on any atom is -0.360 e. The van der Waals surface area contributed by atoms with Gasteiger partial charge in [0.2, 0.25) is 0 Å². The van der Waals surface area contributed by atoms with Gasteiger partial charge in [0.05, 0.1) is 11.8 Å². The summed E-state index contributed by atoms with van der Waals surface area (Å²) < 4.78 is 16.7. The van der Waals surface area contributed by atoms with Gasteiger partial charge in [0.25, 0.3) is 0 Å². The molecule has 1 aliphatic carbocycles. The van der Waals surface area contributed by atoms with E-state index in [1.807, 2.05) is 0 Å². The number of hydrogen-bond acceptors (Lipinski definition) is 4. The summed E-state index contributed by atoms with van der Waals surface area (Å²) in [6, 6.07) is 5.04. The van der Waals surface area contributed by atoms with Gasteiger partial charge in [0, 0.05) is 39.3 Å². The number of ketones is 1. The fourth-order valence-corrected chi connectivity index (χ4v) is 3.20. The molecule has 0 aliphatic heterocycles. The van der Waals surface area contributed by atoms with Crippen LogP contribution in [0.1, 0.15) is 46.0 Å². The minimum absolute atomic E-state index is 0.143. The van der Waals surface area contributed by atoms with Gasteiger partial charge in [-0.2, -0.15) is 0 Å². The average molecular weight is 324 g/mol. The molecule has 0 N–H and O–H groups in total. The minimum atomic E-state index is -1.05. The van der Waals surface area contributed by atoms with E-state index >= 15 is 0 Å². The summed E-state index contributed by atoms with van der Waals surface area (Å²) in [5.74, 6) is 1.13. The van der Waals surface area contributed by atoms with Crippen molar-refractivity contribution in [3.63, 3.8) is 0 Å². The molecular formula is C15H14ClNO3S. The molecule has 1 atom stereocenters. The van der Waals surface area contributed by atoms with Gasteiger partial charge in [-0.05, 0) is 36.6 Å². The fourth-order valence-electron chi connectivity index (χ4n) is 2.33. The number of aromatic nitrogens is 1. The van der Waals surface area contributed by atoms with Crippen molar-refractivity contribution in [3.05, 3.63) is 51.9 Å². The third kappa shape index (κ3) is 3.09. The Kier molecular flexibility index (Phi) is 3.95. The van der Waals surface area contributed by atoms with Crippen LogP contribution in [-0.4, -0.2) is 21.4 Å². The molecule has 1 fully saturated rings. The van der Waals surface area contributed by atoms with Crippen molar-refractivity contribution in [2.75, 3.05) is 6.26 Å². The zero-order valence-electron chi connectivity index (χ0n) is 11.5. The normalized spacial score (nSPS) is 15.9. The van der Waals surface area contributed by atoms with Gasteiger partial charge in [-0.15, -0.1) is 0 Å². The van der Waals surface area contributed by atoms with Crippen LogP contribution in [0, 0.1) is 0 Å². The van der Waals surface area contributed by atoms with Crippen LogP contribution < -0.4 is 0 Å². The molecule has 110 valence electrons. The molecule has 1 aliphatic rings. The van der Waals surface area contributed by atoms with Crippen molar-refractivity contribution in [1.82, 2.24) is 5.16 Å². The second-order valence-corrected chi connectivity index (χ2v) is 7.10. The van der Waals surface area contributed by atoms with Gasteiger partial charge in [-0.25, -0.2) is 0 Å². The first-order valence-corrected chi connectivity index (χ1v) is 8.74. The van der Waals surface area contributed by atoms with E-state index in [0.29, 0.717) is 39.1 Å². The number of hydrogen-bond donors (Lipinski definition) is 0. The van der Waals surface area contributed by atoms with Gasteiger partial charge in [-0.3, -0.25) is 9.00 Å². The SMILES string of the molecule is CS(=O)Cc1cc(Cl)ccc1C(=O)c1cnoc1C1CC1. The Hall–Kier alpha value is -1.46. The Morgan fingerprint density at radius 1 is 1.43 bits per heavy atom. The smallest absolute Gasteiger partial charge is 0.198 e. The maximum Gasteiger partial charge on any atom is 0.198 e. The molecule has 2 aromatic rings. The highest BCUT2D eigenvalue weighted by atomic mass is 35.5. The Morgan fingerprint density at radius 2 is 2.19 bits per heavy atom. The Balaban J connectivity index is 2.00. The summed E-state index contributed by atoms with van der Waals surface area (Å²) in [4.78, 5) is 12.7. The van der Waals surface area contributed by atoms with Crippen LogP contribution in [0.25, 0.3) is 0 Å². The molecule has 1 heterocycles. The zero-order chi connectivity index (χ0) is 15.0. The molecule has 4 nitrogen and oxygen atoms in total. The molecule has 0 spiro atoms. The third-order valence-electron chi connectivity index (χ3n) is 3.46. The largest absolute Gasteiger partial charge is 0.360 e. The summed E-state index contributed by atoms with van der Waals surface area (Å²) in [5, 5.41) is 4.28. The topological polar surface area (TPSA) is 60.2 Å². The molecule has 1 aromatic heterocycles. The summed E-state index contributed by atoms with van der Waals surface area (Å²) in [6.45, 7) is 0. The number of carbonyl (C=O) groups is 1. The molecule has 1 unspecified atom stereocenters. The molecule has 1 aromatic carbocycles. The first kappa shape index (κ1) is 14.5. The lowest BCUT2D eigenvalue weighted by Gasteiger charge is -2.08. The predicted octanol–water partition coefficient (Wildman–Crippen LogP) is 3.31. The Bertz CT molecular complexity index is 721. The van der Waals surface area contributed by atoms with Gasteiger partial charge < -0.3 is 4.52 Å². The molecular weight excluding hydrogens is 310 g/mol. The Labute approximate surface area is 129 Å². The maximum absolute atomic E-state index is 12.7. The van der Waals surface area contributed by atoms with Crippen LogP contribution in [0.15, 0.2) is 28.9 Å². The number of nitrogens with zero attached hydrogens (tertiary/aromatic N) is 1. The standard InChI is InChI=1S/C15H14ClNO3S/c1-21(19)8-10-6-11(16)4-5-12(10)14(18)13-7-17-20-15(13)9-2-3-9/h4-7,9H,2-3,8H2,1H3. The van der Waals surface area contributed by atoms with Crippen LogP contribution in [0.4, 0.5) is 0 Å². The van der Waals surface area contributed by atoms with E-state index in [-0.39, 0.29) is 5.78 Å². The summed E-state index contributed by atoms with van der Waals surface area (Å²) in [5.41, 5.74) is 1.71. The second kappa shape index (κ2) is 5.73. The lowest BCUT2D eigenvalue weighted by molar-refractivity contribution is 0.103. The van der Waals surface area contributed by atoms with Gasteiger partial charge in [0.1, 0.15) is 0 Å². The van der Waals surface area contributed by atoms with Crippen molar-refractivity contribution in [2.45, 2.75) is 24.5 Å². The van der Waals surface area contributed by atoms with Crippen molar-refractivity contribution in [2.24, 2.45) is 0 Å². The van der Waals surface area contributed by atoms with E-state index in [4.69, 9.17) is 16.1 Å². The second-order valence-electron chi connectivity index (χ2n) is 5.23.